The third-order valence-corrected chi connectivity index (χ3v) is 5.77. The van der Waals surface area contributed by atoms with Crippen LogP contribution < -0.4 is 5.32 Å². The summed E-state index contributed by atoms with van der Waals surface area (Å²) in [5.74, 6) is 0.255. The van der Waals surface area contributed by atoms with E-state index in [0.717, 1.165) is 32.2 Å². The second-order valence-electron chi connectivity index (χ2n) is 7.69. The van der Waals surface area contributed by atoms with Crippen molar-refractivity contribution in [3.8, 4) is 0 Å². The van der Waals surface area contributed by atoms with Crippen molar-refractivity contribution in [3.63, 3.8) is 0 Å². The zero-order chi connectivity index (χ0) is 14.9. The van der Waals surface area contributed by atoms with Crippen LogP contribution in [0.3, 0.4) is 0 Å². The molecule has 0 aromatic carbocycles. The maximum Gasteiger partial charge on any atom is 0.248 e. The molecule has 0 atom stereocenters. The summed E-state index contributed by atoms with van der Waals surface area (Å²) in [7, 11) is 0. The van der Waals surface area contributed by atoms with Gasteiger partial charge in [0.25, 0.3) is 0 Å². The van der Waals surface area contributed by atoms with Gasteiger partial charge in [0.2, 0.25) is 11.8 Å². The molecule has 1 aliphatic heterocycles. The molecule has 118 valence electrons. The van der Waals surface area contributed by atoms with E-state index in [9.17, 15) is 9.59 Å². The van der Waals surface area contributed by atoms with Crippen molar-refractivity contribution in [1.29, 1.82) is 0 Å². The summed E-state index contributed by atoms with van der Waals surface area (Å²) in [6.45, 7) is 3.74. The highest BCUT2D eigenvalue weighted by Gasteiger charge is 2.46. The second-order valence-corrected chi connectivity index (χ2v) is 7.69. The van der Waals surface area contributed by atoms with Crippen LogP contribution in [0, 0.1) is 5.41 Å². The quantitative estimate of drug-likeness (QED) is 0.850. The summed E-state index contributed by atoms with van der Waals surface area (Å²) in [6, 6.07) is 0. The van der Waals surface area contributed by atoms with Crippen molar-refractivity contribution in [2.24, 2.45) is 5.41 Å². The van der Waals surface area contributed by atoms with Gasteiger partial charge in [-0.2, -0.15) is 0 Å². The molecule has 0 unspecified atom stereocenters. The summed E-state index contributed by atoms with van der Waals surface area (Å²) in [6.07, 6.45) is 10.4. The van der Waals surface area contributed by atoms with Crippen LogP contribution in [0.25, 0.3) is 0 Å². The average Bonchev–Trinajstić information content (AvgIpc) is 2.86. The largest absolute Gasteiger partial charge is 0.342 e. The first-order valence-electron chi connectivity index (χ1n) is 8.64. The Labute approximate surface area is 127 Å². The summed E-state index contributed by atoms with van der Waals surface area (Å²) in [4.78, 5) is 27.2. The van der Waals surface area contributed by atoms with E-state index in [2.05, 4.69) is 12.2 Å². The van der Waals surface area contributed by atoms with Crippen molar-refractivity contribution >= 4 is 11.8 Å². The van der Waals surface area contributed by atoms with Crippen molar-refractivity contribution in [2.45, 2.75) is 76.7 Å². The van der Waals surface area contributed by atoms with Gasteiger partial charge in [0, 0.05) is 19.5 Å². The van der Waals surface area contributed by atoms with Crippen LogP contribution in [0.4, 0.5) is 0 Å². The van der Waals surface area contributed by atoms with E-state index in [1.165, 1.54) is 32.1 Å². The number of amides is 2. The van der Waals surface area contributed by atoms with Gasteiger partial charge in [0.05, 0.1) is 0 Å². The Morgan fingerprint density at radius 3 is 2.29 bits per heavy atom. The Hall–Kier alpha value is -1.06. The molecule has 3 rings (SSSR count). The minimum atomic E-state index is -0.583. The molecule has 4 nitrogen and oxygen atoms in total. The fourth-order valence-corrected chi connectivity index (χ4v) is 4.52. The van der Waals surface area contributed by atoms with Crippen molar-refractivity contribution in [3.05, 3.63) is 0 Å². The maximum absolute atomic E-state index is 13.1. The number of carbonyl (C=O) groups excluding carboxylic acids is 2. The minimum Gasteiger partial charge on any atom is -0.342 e. The summed E-state index contributed by atoms with van der Waals surface area (Å²) < 4.78 is 0. The van der Waals surface area contributed by atoms with E-state index in [4.69, 9.17) is 0 Å². The maximum atomic E-state index is 13.1. The van der Waals surface area contributed by atoms with Crippen LogP contribution in [-0.2, 0) is 9.59 Å². The molecule has 1 spiro atoms. The van der Waals surface area contributed by atoms with Gasteiger partial charge in [-0.25, -0.2) is 0 Å². The molecule has 2 aliphatic carbocycles. The number of nitrogens with zero attached hydrogens (tertiary/aromatic N) is 1. The smallest absolute Gasteiger partial charge is 0.248 e. The van der Waals surface area contributed by atoms with E-state index in [1.54, 1.807) is 0 Å². The number of nitrogens with one attached hydrogen (secondary N) is 1. The van der Waals surface area contributed by atoms with Crippen molar-refractivity contribution < 1.29 is 9.59 Å². The normalized spacial score (nSPS) is 28.5. The van der Waals surface area contributed by atoms with Gasteiger partial charge in [0.15, 0.2) is 0 Å². The molecule has 2 saturated carbocycles. The van der Waals surface area contributed by atoms with Gasteiger partial charge in [-0.1, -0.05) is 39.0 Å². The first kappa shape index (κ1) is 14.9. The van der Waals surface area contributed by atoms with Crippen molar-refractivity contribution in [1.82, 2.24) is 10.2 Å². The molecular formula is C17H28N2O2. The van der Waals surface area contributed by atoms with Crippen LogP contribution in [-0.4, -0.2) is 35.3 Å². The number of rotatable bonds is 2. The van der Waals surface area contributed by atoms with Gasteiger partial charge >= 0.3 is 0 Å². The molecular weight excluding hydrogens is 264 g/mol. The van der Waals surface area contributed by atoms with E-state index in [1.807, 2.05) is 4.90 Å². The minimum absolute atomic E-state index is 0.0596. The molecule has 0 radical (unpaired) electrons. The first-order valence-corrected chi connectivity index (χ1v) is 8.64. The lowest BCUT2D eigenvalue weighted by molar-refractivity contribution is -0.141. The van der Waals surface area contributed by atoms with Crippen LogP contribution in [0.2, 0.25) is 0 Å². The van der Waals surface area contributed by atoms with Crippen LogP contribution in [0.1, 0.15) is 71.1 Å². The van der Waals surface area contributed by atoms with Gasteiger partial charge < -0.3 is 10.2 Å². The topological polar surface area (TPSA) is 49.4 Å². The lowest BCUT2D eigenvalue weighted by Gasteiger charge is -2.40. The molecule has 1 saturated heterocycles. The zero-order valence-electron chi connectivity index (χ0n) is 13.2. The fourth-order valence-electron chi connectivity index (χ4n) is 4.52. The third kappa shape index (κ3) is 2.95. The molecule has 1 heterocycles. The molecule has 0 aromatic heterocycles. The summed E-state index contributed by atoms with van der Waals surface area (Å²) in [5.41, 5.74) is -0.320. The van der Waals surface area contributed by atoms with Crippen LogP contribution in [0.5, 0.6) is 0 Å². The van der Waals surface area contributed by atoms with E-state index < -0.39 is 5.54 Å². The fraction of sp³-hybridized carbons (Fsp3) is 0.882. The molecule has 0 bridgehead atoms. The molecule has 0 aromatic rings. The number of hydrogen-bond donors (Lipinski definition) is 1. The highest BCUT2D eigenvalue weighted by molar-refractivity contribution is 5.93. The van der Waals surface area contributed by atoms with Gasteiger partial charge in [-0.3, -0.25) is 9.59 Å². The van der Waals surface area contributed by atoms with E-state index in [0.29, 0.717) is 13.0 Å². The third-order valence-electron chi connectivity index (χ3n) is 5.77. The zero-order valence-corrected chi connectivity index (χ0v) is 13.2. The summed E-state index contributed by atoms with van der Waals surface area (Å²) >= 11 is 0. The van der Waals surface area contributed by atoms with Crippen LogP contribution in [0.15, 0.2) is 0 Å². The molecule has 3 aliphatic rings. The first-order chi connectivity index (χ1) is 10.0. The second kappa shape index (κ2) is 5.62. The monoisotopic (exact) mass is 292 g/mol. The Kier molecular flexibility index (Phi) is 3.98. The predicted octanol–water partition coefficient (Wildman–Crippen LogP) is 2.62. The van der Waals surface area contributed by atoms with Gasteiger partial charge in [0.1, 0.15) is 5.54 Å². The van der Waals surface area contributed by atoms with E-state index >= 15 is 0 Å². The molecule has 21 heavy (non-hydrogen) atoms. The lowest BCUT2D eigenvalue weighted by atomic mass is 9.80. The number of hydrogen-bond acceptors (Lipinski definition) is 2. The van der Waals surface area contributed by atoms with E-state index in [-0.39, 0.29) is 17.2 Å². The standard InChI is InChI=1S/C17H28N2O2/c1-16(8-5-6-9-16)13-19-12-7-14(20)18-17(15(19)21)10-3-2-4-11-17/h2-13H2,1H3,(H,18,20). The average molecular weight is 292 g/mol. The predicted molar refractivity (Wildman–Crippen MR) is 81.7 cm³/mol. The number of carbonyl (C=O) groups is 2. The Morgan fingerprint density at radius 1 is 1.00 bits per heavy atom. The highest BCUT2D eigenvalue weighted by atomic mass is 16.2. The molecule has 3 fully saturated rings. The highest BCUT2D eigenvalue weighted by Crippen LogP contribution is 2.39. The van der Waals surface area contributed by atoms with Crippen molar-refractivity contribution in [2.75, 3.05) is 13.1 Å². The molecule has 2 amide bonds. The summed E-state index contributed by atoms with van der Waals surface area (Å²) in [5, 5.41) is 3.08. The van der Waals surface area contributed by atoms with Gasteiger partial charge in [-0.15, -0.1) is 0 Å². The molecule has 4 heteroatoms. The Bertz CT molecular complexity index is 421. The van der Waals surface area contributed by atoms with Gasteiger partial charge in [-0.05, 0) is 31.1 Å². The Morgan fingerprint density at radius 2 is 1.62 bits per heavy atom. The molecule has 1 N–H and O–H groups in total. The SMILES string of the molecule is CC1(CN2CCC(=O)NC3(CCCCC3)C2=O)CCCC1. The Balaban J connectivity index is 1.79. The van der Waals surface area contributed by atoms with Crippen LogP contribution >= 0.6 is 0 Å². The lowest BCUT2D eigenvalue weighted by Crippen LogP contribution is -2.59.